The molecule has 0 aliphatic carbocycles. The molecule has 0 aromatic heterocycles. The fourth-order valence-electron chi connectivity index (χ4n) is 2.52. The predicted octanol–water partition coefficient (Wildman–Crippen LogP) is 3.00. The van der Waals surface area contributed by atoms with Crippen LogP contribution >= 0.6 is 0 Å². The summed E-state index contributed by atoms with van der Waals surface area (Å²) in [5.41, 5.74) is 3.66. The van der Waals surface area contributed by atoms with Crippen LogP contribution in [0.3, 0.4) is 0 Å². The fourth-order valence-corrected chi connectivity index (χ4v) is 2.52. The van der Waals surface area contributed by atoms with E-state index in [0.717, 1.165) is 38.1 Å². The van der Waals surface area contributed by atoms with Crippen LogP contribution in [0.1, 0.15) is 36.0 Å². The van der Waals surface area contributed by atoms with Crippen molar-refractivity contribution in [3.8, 4) is 5.75 Å². The highest BCUT2D eigenvalue weighted by atomic mass is 16.5. The monoisotopic (exact) mass is 261 g/mol. The number of nitrogens with zero attached hydrogens (tertiary/aromatic N) is 1. The standard InChI is InChI=1S/C16H23NO2/c1-12-7-8-13(2)16(14(12)3)19-11-5-10-17-9-4-6-15(17)18/h7-8H,4-6,9-11H2,1-3H3. The van der Waals surface area contributed by atoms with E-state index in [4.69, 9.17) is 4.74 Å². The molecule has 1 aromatic rings. The summed E-state index contributed by atoms with van der Waals surface area (Å²) in [6, 6.07) is 4.22. The summed E-state index contributed by atoms with van der Waals surface area (Å²) in [7, 11) is 0. The lowest BCUT2D eigenvalue weighted by atomic mass is 10.1. The molecule has 0 saturated carbocycles. The van der Waals surface area contributed by atoms with E-state index in [1.54, 1.807) is 0 Å². The molecule has 1 amide bonds. The minimum Gasteiger partial charge on any atom is -0.493 e. The van der Waals surface area contributed by atoms with E-state index >= 15 is 0 Å². The average molecular weight is 261 g/mol. The van der Waals surface area contributed by atoms with Gasteiger partial charge >= 0.3 is 0 Å². The van der Waals surface area contributed by atoms with Crippen molar-refractivity contribution in [3.05, 3.63) is 28.8 Å². The van der Waals surface area contributed by atoms with Crippen molar-refractivity contribution in [1.29, 1.82) is 0 Å². The molecule has 1 heterocycles. The molecule has 0 unspecified atom stereocenters. The van der Waals surface area contributed by atoms with Crippen LogP contribution in [0.15, 0.2) is 12.1 Å². The van der Waals surface area contributed by atoms with E-state index in [-0.39, 0.29) is 0 Å². The molecule has 2 rings (SSSR count). The first-order valence-electron chi connectivity index (χ1n) is 7.07. The lowest BCUT2D eigenvalue weighted by molar-refractivity contribution is -0.127. The van der Waals surface area contributed by atoms with Gasteiger partial charge in [0, 0.05) is 19.5 Å². The summed E-state index contributed by atoms with van der Waals surface area (Å²) in [6.07, 6.45) is 2.63. The lowest BCUT2D eigenvalue weighted by Gasteiger charge is -2.17. The Bertz CT molecular complexity index is 468. The Morgan fingerprint density at radius 2 is 1.95 bits per heavy atom. The molecule has 1 aliphatic heterocycles. The van der Waals surface area contributed by atoms with Gasteiger partial charge in [0.2, 0.25) is 5.91 Å². The Balaban J connectivity index is 1.83. The zero-order chi connectivity index (χ0) is 13.8. The van der Waals surface area contributed by atoms with Crippen LogP contribution in [0.2, 0.25) is 0 Å². The van der Waals surface area contributed by atoms with Crippen molar-refractivity contribution >= 4 is 5.91 Å². The third-order valence-electron chi connectivity index (χ3n) is 3.86. The zero-order valence-electron chi connectivity index (χ0n) is 12.2. The summed E-state index contributed by atoms with van der Waals surface area (Å²) in [4.78, 5) is 13.4. The normalized spacial score (nSPS) is 15.1. The van der Waals surface area contributed by atoms with Crippen molar-refractivity contribution in [2.24, 2.45) is 0 Å². The minimum atomic E-state index is 0.294. The summed E-state index contributed by atoms with van der Waals surface area (Å²) in [6.45, 7) is 8.69. The molecule has 3 nitrogen and oxygen atoms in total. The largest absolute Gasteiger partial charge is 0.493 e. The Morgan fingerprint density at radius 3 is 2.63 bits per heavy atom. The molecule has 0 radical (unpaired) electrons. The summed E-state index contributed by atoms with van der Waals surface area (Å²) >= 11 is 0. The quantitative estimate of drug-likeness (QED) is 0.763. The van der Waals surface area contributed by atoms with Crippen LogP contribution in [-0.2, 0) is 4.79 Å². The van der Waals surface area contributed by atoms with Crippen molar-refractivity contribution in [3.63, 3.8) is 0 Å². The van der Waals surface area contributed by atoms with Crippen molar-refractivity contribution in [1.82, 2.24) is 4.90 Å². The maximum absolute atomic E-state index is 11.5. The molecular formula is C16H23NO2. The number of aryl methyl sites for hydroxylation is 2. The van der Waals surface area contributed by atoms with Crippen LogP contribution in [0.4, 0.5) is 0 Å². The molecule has 0 atom stereocenters. The SMILES string of the molecule is Cc1ccc(C)c(OCCCN2CCCC2=O)c1C. The number of carbonyl (C=O) groups excluding carboxylic acids is 1. The highest BCUT2D eigenvalue weighted by molar-refractivity contribution is 5.77. The second kappa shape index (κ2) is 6.09. The number of hydrogen-bond donors (Lipinski definition) is 0. The predicted molar refractivity (Wildman–Crippen MR) is 76.6 cm³/mol. The zero-order valence-corrected chi connectivity index (χ0v) is 12.2. The lowest BCUT2D eigenvalue weighted by Crippen LogP contribution is -2.26. The number of benzene rings is 1. The van der Waals surface area contributed by atoms with Crippen LogP contribution < -0.4 is 4.74 Å². The van der Waals surface area contributed by atoms with Gasteiger partial charge in [-0.05, 0) is 50.3 Å². The van der Waals surface area contributed by atoms with Gasteiger partial charge < -0.3 is 9.64 Å². The third kappa shape index (κ3) is 3.28. The van der Waals surface area contributed by atoms with Gasteiger partial charge in [-0.3, -0.25) is 4.79 Å². The molecule has 0 N–H and O–H groups in total. The van der Waals surface area contributed by atoms with Crippen molar-refractivity contribution < 1.29 is 9.53 Å². The highest BCUT2D eigenvalue weighted by Crippen LogP contribution is 2.25. The first-order chi connectivity index (χ1) is 9.09. The topological polar surface area (TPSA) is 29.5 Å². The Hall–Kier alpha value is -1.51. The fraction of sp³-hybridized carbons (Fsp3) is 0.562. The van der Waals surface area contributed by atoms with Gasteiger partial charge in [-0.15, -0.1) is 0 Å². The van der Waals surface area contributed by atoms with Gasteiger partial charge in [-0.2, -0.15) is 0 Å². The summed E-state index contributed by atoms with van der Waals surface area (Å²) < 4.78 is 5.91. The van der Waals surface area contributed by atoms with Crippen LogP contribution in [0.5, 0.6) is 5.75 Å². The maximum Gasteiger partial charge on any atom is 0.222 e. The van der Waals surface area contributed by atoms with Gasteiger partial charge in [-0.25, -0.2) is 0 Å². The first kappa shape index (κ1) is 13.9. The molecule has 1 fully saturated rings. The van der Waals surface area contributed by atoms with Gasteiger partial charge in [-0.1, -0.05) is 12.1 Å². The van der Waals surface area contributed by atoms with Gasteiger partial charge in [0.25, 0.3) is 0 Å². The van der Waals surface area contributed by atoms with Crippen molar-refractivity contribution in [2.45, 2.75) is 40.0 Å². The summed E-state index contributed by atoms with van der Waals surface area (Å²) in [5, 5.41) is 0. The van der Waals surface area contributed by atoms with Crippen LogP contribution in [0.25, 0.3) is 0 Å². The smallest absolute Gasteiger partial charge is 0.222 e. The number of ether oxygens (including phenoxy) is 1. The average Bonchev–Trinajstić information content (AvgIpc) is 2.79. The van der Waals surface area contributed by atoms with E-state index in [1.807, 2.05) is 4.90 Å². The Morgan fingerprint density at radius 1 is 1.21 bits per heavy atom. The molecule has 0 bridgehead atoms. The Kier molecular flexibility index (Phi) is 4.46. The third-order valence-corrected chi connectivity index (χ3v) is 3.86. The molecule has 104 valence electrons. The molecule has 1 aliphatic rings. The number of hydrogen-bond acceptors (Lipinski definition) is 2. The van der Waals surface area contributed by atoms with Gasteiger partial charge in [0.1, 0.15) is 5.75 Å². The first-order valence-corrected chi connectivity index (χ1v) is 7.07. The Labute approximate surface area is 115 Å². The van der Waals surface area contributed by atoms with Crippen LogP contribution in [-0.4, -0.2) is 30.5 Å². The number of rotatable bonds is 5. The van der Waals surface area contributed by atoms with Crippen LogP contribution in [0, 0.1) is 20.8 Å². The molecule has 1 saturated heterocycles. The van der Waals surface area contributed by atoms with E-state index in [2.05, 4.69) is 32.9 Å². The van der Waals surface area contributed by atoms with Crippen molar-refractivity contribution in [2.75, 3.05) is 19.7 Å². The van der Waals surface area contributed by atoms with E-state index in [1.165, 1.54) is 16.7 Å². The molecular weight excluding hydrogens is 238 g/mol. The van der Waals surface area contributed by atoms with E-state index < -0.39 is 0 Å². The minimum absolute atomic E-state index is 0.294. The highest BCUT2D eigenvalue weighted by Gasteiger charge is 2.19. The molecule has 3 heteroatoms. The molecule has 1 aromatic carbocycles. The van der Waals surface area contributed by atoms with Gasteiger partial charge in [0.15, 0.2) is 0 Å². The molecule has 0 spiro atoms. The number of likely N-dealkylation sites (tertiary alicyclic amines) is 1. The van der Waals surface area contributed by atoms with Gasteiger partial charge in [0.05, 0.1) is 6.61 Å². The van der Waals surface area contributed by atoms with E-state index in [9.17, 15) is 4.79 Å². The second-order valence-corrected chi connectivity index (χ2v) is 5.34. The molecule has 19 heavy (non-hydrogen) atoms. The number of carbonyl (C=O) groups is 1. The van der Waals surface area contributed by atoms with E-state index in [0.29, 0.717) is 12.5 Å². The summed E-state index contributed by atoms with van der Waals surface area (Å²) in [5.74, 6) is 1.30. The number of amides is 1. The maximum atomic E-state index is 11.5. The second-order valence-electron chi connectivity index (χ2n) is 5.34.